The molecule has 0 saturated heterocycles. The first-order valence-corrected chi connectivity index (χ1v) is 7.11. The second kappa shape index (κ2) is 6.13. The van der Waals surface area contributed by atoms with Gasteiger partial charge >= 0.3 is 0 Å². The van der Waals surface area contributed by atoms with Crippen LogP contribution in [0.2, 0.25) is 0 Å². The highest BCUT2D eigenvalue weighted by Gasteiger charge is 2.09. The topological polar surface area (TPSA) is 78.9 Å². The largest absolute Gasteiger partial charge is 0.399 e. The molecule has 100 valence electrons. The maximum absolute atomic E-state index is 12.1. The number of hydrogen-bond donors (Lipinski definition) is 2. The van der Waals surface area contributed by atoms with E-state index in [0.29, 0.717) is 22.5 Å². The van der Waals surface area contributed by atoms with Gasteiger partial charge in [-0.3, -0.25) is 4.79 Å². The molecule has 0 atom stereocenters. The number of carbonyl (C=O) groups excluding carboxylic acids is 1. The fourth-order valence-electron chi connectivity index (χ4n) is 1.70. The molecular formula is C15H13N3OS. The molecule has 0 fully saturated rings. The van der Waals surface area contributed by atoms with Crippen molar-refractivity contribution in [2.24, 2.45) is 0 Å². The summed E-state index contributed by atoms with van der Waals surface area (Å²) in [4.78, 5) is 13.2. The van der Waals surface area contributed by atoms with Crippen molar-refractivity contribution in [2.75, 3.05) is 17.3 Å². The highest BCUT2D eigenvalue weighted by molar-refractivity contribution is 7.98. The van der Waals surface area contributed by atoms with Crippen molar-refractivity contribution in [1.29, 1.82) is 5.26 Å². The van der Waals surface area contributed by atoms with Gasteiger partial charge in [-0.2, -0.15) is 5.26 Å². The summed E-state index contributed by atoms with van der Waals surface area (Å²) in [5, 5.41) is 11.8. The lowest BCUT2D eigenvalue weighted by atomic mass is 10.1. The summed E-state index contributed by atoms with van der Waals surface area (Å²) in [5.41, 5.74) is 7.45. The third-order valence-corrected chi connectivity index (χ3v) is 3.51. The van der Waals surface area contributed by atoms with Crippen LogP contribution in [0.25, 0.3) is 0 Å². The highest BCUT2D eigenvalue weighted by Crippen LogP contribution is 2.20. The minimum Gasteiger partial charge on any atom is -0.399 e. The number of nitriles is 1. The molecule has 5 heteroatoms. The number of rotatable bonds is 3. The predicted octanol–water partition coefficient (Wildman–Crippen LogP) is 3.11. The summed E-state index contributed by atoms with van der Waals surface area (Å²) in [7, 11) is 0. The van der Waals surface area contributed by atoms with E-state index in [9.17, 15) is 4.79 Å². The Kier molecular flexibility index (Phi) is 4.28. The Morgan fingerprint density at radius 1 is 1.25 bits per heavy atom. The van der Waals surface area contributed by atoms with Crippen molar-refractivity contribution >= 4 is 29.0 Å². The summed E-state index contributed by atoms with van der Waals surface area (Å²) < 4.78 is 0. The summed E-state index contributed by atoms with van der Waals surface area (Å²) >= 11 is 1.61. The fourth-order valence-corrected chi connectivity index (χ4v) is 2.11. The molecule has 2 aromatic rings. The van der Waals surface area contributed by atoms with E-state index < -0.39 is 0 Å². The number of nitrogens with two attached hydrogens (primary N) is 1. The van der Waals surface area contributed by atoms with Crippen molar-refractivity contribution in [3.05, 3.63) is 53.6 Å². The van der Waals surface area contributed by atoms with Crippen LogP contribution < -0.4 is 11.1 Å². The van der Waals surface area contributed by atoms with Crippen LogP contribution in [0.3, 0.4) is 0 Å². The molecule has 0 heterocycles. The third-order valence-electron chi connectivity index (χ3n) is 2.76. The summed E-state index contributed by atoms with van der Waals surface area (Å²) in [6.07, 6.45) is 1.97. The second-order valence-electron chi connectivity index (χ2n) is 4.10. The van der Waals surface area contributed by atoms with Crippen LogP contribution in [0.4, 0.5) is 11.4 Å². The number of carbonyl (C=O) groups is 1. The number of hydrogen-bond acceptors (Lipinski definition) is 4. The number of amides is 1. The Morgan fingerprint density at radius 2 is 1.95 bits per heavy atom. The summed E-state index contributed by atoms with van der Waals surface area (Å²) in [6.45, 7) is 0. The van der Waals surface area contributed by atoms with Crippen molar-refractivity contribution in [2.45, 2.75) is 4.90 Å². The van der Waals surface area contributed by atoms with Gasteiger partial charge in [-0.1, -0.05) is 0 Å². The van der Waals surface area contributed by atoms with E-state index >= 15 is 0 Å². The molecule has 0 aliphatic rings. The molecule has 0 unspecified atom stereocenters. The van der Waals surface area contributed by atoms with E-state index in [1.54, 1.807) is 36.0 Å². The summed E-state index contributed by atoms with van der Waals surface area (Å²) in [6, 6.07) is 14.1. The van der Waals surface area contributed by atoms with Crippen molar-refractivity contribution < 1.29 is 4.79 Å². The second-order valence-corrected chi connectivity index (χ2v) is 4.98. The van der Waals surface area contributed by atoms with Crippen molar-refractivity contribution in [3.8, 4) is 6.07 Å². The van der Waals surface area contributed by atoms with Gasteiger partial charge in [0.2, 0.25) is 0 Å². The average Bonchev–Trinajstić information content (AvgIpc) is 2.49. The summed E-state index contributed by atoms with van der Waals surface area (Å²) in [5.74, 6) is -0.251. The standard InChI is InChI=1S/C15H13N3OS/c1-20-13-5-2-10(3-6-13)15(19)18-14-7-4-12(17)8-11(14)9-16/h2-8H,17H2,1H3,(H,18,19). The quantitative estimate of drug-likeness (QED) is 0.670. The van der Waals surface area contributed by atoms with Crippen LogP contribution in [0.5, 0.6) is 0 Å². The lowest BCUT2D eigenvalue weighted by Crippen LogP contribution is -2.12. The van der Waals surface area contributed by atoms with Gasteiger partial charge in [-0.25, -0.2) is 0 Å². The first-order valence-electron chi connectivity index (χ1n) is 5.89. The number of nitrogen functional groups attached to an aromatic ring is 1. The lowest BCUT2D eigenvalue weighted by molar-refractivity contribution is 0.102. The lowest BCUT2D eigenvalue weighted by Gasteiger charge is -2.08. The van der Waals surface area contributed by atoms with Crippen molar-refractivity contribution in [3.63, 3.8) is 0 Å². The fraction of sp³-hybridized carbons (Fsp3) is 0.0667. The van der Waals surface area contributed by atoms with Crippen LogP contribution >= 0.6 is 11.8 Å². The zero-order chi connectivity index (χ0) is 14.5. The van der Waals surface area contributed by atoms with Gasteiger partial charge in [0.15, 0.2) is 0 Å². The molecule has 0 aliphatic carbocycles. The number of thioether (sulfide) groups is 1. The highest BCUT2D eigenvalue weighted by atomic mass is 32.2. The van der Waals surface area contributed by atoms with E-state index in [1.165, 1.54) is 6.07 Å². The Balaban J connectivity index is 2.21. The van der Waals surface area contributed by atoms with Crippen LogP contribution in [-0.4, -0.2) is 12.2 Å². The van der Waals surface area contributed by atoms with Gasteiger partial charge in [-0.15, -0.1) is 11.8 Å². The first-order chi connectivity index (χ1) is 9.63. The van der Waals surface area contributed by atoms with Crippen LogP contribution in [0.15, 0.2) is 47.4 Å². The van der Waals surface area contributed by atoms with Gasteiger partial charge in [0.25, 0.3) is 5.91 Å². The SMILES string of the molecule is CSc1ccc(C(=O)Nc2ccc(N)cc2C#N)cc1. The van der Waals surface area contributed by atoms with Gasteiger partial charge in [0.1, 0.15) is 6.07 Å². The maximum atomic E-state index is 12.1. The monoisotopic (exact) mass is 283 g/mol. The van der Waals surface area contributed by atoms with Gasteiger partial charge < -0.3 is 11.1 Å². The predicted molar refractivity (Wildman–Crippen MR) is 81.7 cm³/mol. The molecule has 1 amide bonds. The van der Waals surface area contributed by atoms with Crippen LogP contribution in [-0.2, 0) is 0 Å². The Bertz CT molecular complexity index is 675. The Morgan fingerprint density at radius 3 is 2.55 bits per heavy atom. The molecular weight excluding hydrogens is 270 g/mol. The molecule has 4 nitrogen and oxygen atoms in total. The Hall–Kier alpha value is -2.45. The first kappa shape index (κ1) is 14.0. The minimum atomic E-state index is -0.251. The van der Waals surface area contributed by atoms with E-state index in [1.807, 2.05) is 24.5 Å². The van der Waals surface area contributed by atoms with E-state index in [0.717, 1.165) is 4.90 Å². The van der Waals surface area contributed by atoms with Crippen molar-refractivity contribution in [1.82, 2.24) is 0 Å². The molecule has 0 saturated carbocycles. The van der Waals surface area contributed by atoms with Gasteiger partial charge in [0, 0.05) is 16.1 Å². The minimum absolute atomic E-state index is 0.251. The van der Waals surface area contributed by atoms with Crippen LogP contribution in [0.1, 0.15) is 15.9 Å². The number of nitrogens with zero attached hydrogens (tertiary/aromatic N) is 1. The molecule has 2 aromatic carbocycles. The van der Waals surface area contributed by atoms with E-state index in [4.69, 9.17) is 11.0 Å². The zero-order valence-corrected chi connectivity index (χ0v) is 11.7. The molecule has 2 rings (SSSR count). The number of nitrogens with one attached hydrogen (secondary N) is 1. The molecule has 0 bridgehead atoms. The van der Waals surface area contributed by atoms with E-state index in [2.05, 4.69) is 5.32 Å². The van der Waals surface area contributed by atoms with Gasteiger partial charge in [0.05, 0.1) is 11.3 Å². The zero-order valence-electron chi connectivity index (χ0n) is 10.9. The molecule has 3 N–H and O–H groups in total. The molecule has 0 spiro atoms. The molecule has 0 aliphatic heterocycles. The maximum Gasteiger partial charge on any atom is 0.255 e. The van der Waals surface area contributed by atoms with Gasteiger partial charge in [-0.05, 0) is 48.7 Å². The normalized spacial score (nSPS) is 9.80. The smallest absolute Gasteiger partial charge is 0.255 e. The third kappa shape index (κ3) is 3.11. The molecule has 20 heavy (non-hydrogen) atoms. The Labute approximate surface area is 121 Å². The number of anilines is 2. The average molecular weight is 283 g/mol. The number of benzene rings is 2. The molecule has 0 radical (unpaired) electrons. The van der Waals surface area contributed by atoms with Crippen LogP contribution in [0, 0.1) is 11.3 Å². The molecule has 0 aromatic heterocycles. The van der Waals surface area contributed by atoms with E-state index in [-0.39, 0.29) is 5.91 Å².